The second-order valence-electron chi connectivity index (χ2n) is 3.65. The Balaban J connectivity index is 2.67. The number of hydrogen-bond acceptors (Lipinski definition) is 5. The van der Waals surface area contributed by atoms with Crippen molar-refractivity contribution in [3.63, 3.8) is 0 Å². The molecule has 2 unspecified atom stereocenters. The molecule has 0 spiro atoms. The second kappa shape index (κ2) is 6.22. The van der Waals surface area contributed by atoms with Gasteiger partial charge in [0.05, 0.1) is 19.1 Å². The van der Waals surface area contributed by atoms with Crippen LogP contribution in [0, 0.1) is 0 Å². The van der Waals surface area contributed by atoms with Gasteiger partial charge in [0.1, 0.15) is 6.10 Å². The molecule has 0 bridgehead atoms. The maximum absolute atomic E-state index is 11.1. The Hall–Kier alpha value is -1.59. The molecule has 4 N–H and O–H groups in total. The normalized spacial score (nSPS) is 14.1. The average Bonchev–Trinajstić information content (AvgIpc) is 2.29. The topological polar surface area (TPSA) is 92.8 Å². The zero-order valence-corrected chi connectivity index (χ0v) is 9.67. The Morgan fingerprint density at radius 2 is 2.06 bits per heavy atom. The quantitative estimate of drug-likeness (QED) is 0.517. The summed E-state index contributed by atoms with van der Waals surface area (Å²) in [6.45, 7) is 1.92. The molecule has 5 heteroatoms. The van der Waals surface area contributed by atoms with Crippen LogP contribution in [-0.2, 0) is 9.53 Å². The molecule has 17 heavy (non-hydrogen) atoms. The van der Waals surface area contributed by atoms with Gasteiger partial charge in [-0.2, -0.15) is 0 Å². The summed E-state index contributed by atoms with van der Waals surface area (Å²) in [5.41, 5.74) is 6.45. The molecule has 0 amide bonds. The lowest BCUT2D eigenvalue weighted by Crippen LogP contribution is -2.23. The van der Waals surface area contributed by atoms with Crippen molar-refractivity contribution in [2.75, 3.05) is 12.3 Å². The Morgan fingerprint density at radius 3 is 2.65 bits per heavy atom. The van der Waals surface area contributed by atoms with Crippen molar-refractivity contribution >= 4 is 11.7 Å². The van der Waals surface area contributed by atoms with E-state index in [0.29, 0.717) is 11.3 Å². The van der Waals surface area contributed by atoms with Gasteiger partial charge in [-0.1, -0.05) is 18.2 Å². The summed E-state index contributed by atoms with van der Waals surface area (Å²) < 4.78 is 4.69. The van der Waals surface area contributed by atoms with Gasteiger partial charge >= 0.3 is 5.97 Å². The predicted molar refractivity (Wildman–Crippen MR) is 63.1 cm³/mol. The van der Waals surface area contributed by atoms with Gasteiger partial charge in [-0.25, -0.2) is 0 Å². The number of aliphatic hydroxyl groups is 2. The molecule has 1 rings (SSSR count). The van der Waals surface area contributed by atoms with Gasteiger partial charge in [-0.15, -0.1) is 0 Å². The predicted octanol–water partition coefficient (Wildman–Crippen LogP) is 0.616. The van der Waals surface area contributed by atoms with E-state index in [1.165, 1.54) is 0 Å². The highest BCUT2D eigenvalue weighted by molar-refractivity contribution is 5.70. The minimum atomic E-state index is -1.22. The number of benzene rings is 1. The third-order valence-electron chi connectivity index (χ3n) is 2.36. The monoisotopic (exact) mass is 239 g/mol. The first-order chi connectivity index (χ1) is 8.06. The molecular formula is C12H17NO4. The molecule has 0 aliphatic carbocycles. The highest BCUT2D eigenvalue weighted by atomic mass is 16.5. The van der Waals surface area contributed by atoms with Crippen LogP contribution in [-0.4, -0.2) is 28.9 Å². The summed E-state index contributed by atoms with van der Waals surface area (Å²) in [5, 5.41) is 19.5. The summed E-state index contributed by atoms with van der Waals surface area (Å²) in [5.74, 6) is -0.548. The first-order valence-electron chi connectivity index (χ1n) is 5.42. The fraction of sp³-hybridized carbons (Fsp3) is 0.417. The standard InChI is InChI=1S/C12H17NO4/c1-2-17-11(15)7-10(14)12(16)8-5-3-4-6-9(8)13/h3-6,10,12,14,16H,2,7,13H2,1H3. The third kappa shape index (κ3) is 3.72. The first-order valence-corrected chi connectivity index (χ1v) is 5.42. The Morgan fingerprint density at radius 1 is 1.41 bits per heavy atom. The van der Waals surface area contributed by atoms with Crippen LogP contribution < -0.4 is 5.73 Å². The molecule has 0 aromatic heterocycles. The fourth-order valence-corrected chi connectivity index (χ4v) is 1.49. The smallest absolute Gasteiger partial charge is 0.308 e. The molecule has 94 valence electrons. The maximum Gasteiger partial charge on any atom is 0.308 e. The molecular weight excluding hydrogens is 222 g/mol. The zero-order valence-electron chi connectivity index (χ0n) is 9.67. The van der Waals surface area contributed by atoms with Crippen LogP contribution in [0.2, 0.25) is 0 Å². The van der Waals surface area contributed by atoms with Crippen molar-refractivity contribution in [1.29, 1.82) is 0 Å². The molecule has 0 radical (unpaired) electrons. The number of nitrogens with two attached hydrogens (primary N) is 1. The largest absolute Gasteiger partial charge is 0.466 e. The number of hydrogen-bond donors (Lipinski definition) is 3. The van der Waals surface area contributed by atoms with Crippen LogP contribution in [0.5, 0.6) is 0 Å². The lowest BCUT2D eigenvalue weighted by Gasteiger charge is -2.18. The number of para-hydroxylation sites is 1. The van der Waals surface area contributed by atoms with Crippen molar-refractivity contribution in [3.05, 3.63) is 29.8 Å². The fourth-order valence-electron chi connectivity index (χ4n) is 1.49. The molecule has 1 aromatic carbocycles. The SMILES string of the molecule is CCOC(=O)CC(O)C(O)c1ccccc1N. The van der Waals surface area contributed by atoms with Gasteiger partial charge in [-0.3, -0.25) is 4.79 Å². The number of esters is 1. The number of carbonyl (C=O) groups excluding carboxylic acids is 1. The third-order valence-corrected chi connectivity index (χ3v) is 2.36. The Kier molecular flexibility index (Phi) is 4.93. The number of anilines is 1. The first kappa shape index (κ1) is 13.5. The maximum atomic E-state index is 11.1. The minimum Gasteiger partial charge on any atom is -0.466 e. The van der Waals surface area contributed by atoms with E-state index in [1.54, 1.807) is 31.2 Å². The van der Waals surface area contributed by atoms with E-state index in [0.717, 1.165) is 0 Å². The van der Waals surface area contributed by atoms with E-state index >= 15 is 0 Å². The number of nitrogen functional groups attached to an aromatic ring is 1. The van der Waals surface area contributed by atoms with Gasteiger partial charge in [0.2, 0.25) is 0 Å². The van der Waals surface area contributed by atoms with Gasteiger partial charge < -0.3 is 20.7 Å². The summed E-state index contributed by atoms with van der Waals surface area (Å²) in [7, 11) is 0. The number of carbonyl (C=O) groups is 1. The number of aliphatic hydroxyl groups excluding tert-OH is 2. The summed E-state index contributed by atoms with van der Waals surface area (Å²) in [6, 6.07) is 6.65. The van der Waals surface area contributed by atoms with E-state index in [4.69, 9.17) is 5.73 Å². The summed E-state index contributed by atoms with van der Waals surface area (Å²) >= 11 is 0. The van der Waals surface area contributed by atoms with Gasteiger partial charge in [0.25, 0.3) is 0 Å². The van der Waals surface area contributed by atoms with Crippen LogP contribution in [0.3, 0.4) is 0 Å². The van der Waals surface area contributed by atoms with Crippen molar-refractivity contribution in [2.24, 2.45) is 0 Å². The molecule has 1 aromatic rings. The molecule has 0 aliphatic rings. The van der Waals surface area contributed by atoms with E-state index in [2.05, 4.69) is 4.74 Å². The lowest BCUT2D eigenvalue weighted by molar-refractivity contribution is -0.147. The highest BCUT2D eigenvalue weighted by Crippen LogP contribution is 2.24. The lowest BCUT2D eigenvalue weighted by atomic mass is 10.0. The van der Waals surface area contributed by atoms with Crippen LogP contribution in [0.1, 0.15) is 25.0 Å². The van der Waals surface area contributed by atoms with Gasteiger partial charge in [0, 0.05) is 11.3 Å². The van der Waals surface area contributed by atoms with E-state index in [1.807, 2.05) is 0 Å². The van der Waals surface area contributed by atoms with Gasteiger partial charge in [-0.05, 0) is 13.0 Å². The molecule has 0 saturated heterocycles. The average molecular weight is 239 g/mol. The molecule has 0 heterocycles. The van der Waals surface area contributed by atoms with Crippen molar-refractivity contribution in [3.8, 4) is 0 Å². The van der Waals surface area contributed by atoms with Crippen molar-refractivity contribution in [1.82, 2.24) is 0 Å². The number of ether oxygens (including phenoxy) is 1. The second-order valence-corrected chi connectivity index (χ2v) is 3.65. The Labute approximate surface area is 99.8 Å². The number of rotatable bonds is 5. The van der Waals surface area contributed by atoms with E-state index in [-0.39, 0.29) is 13.0 Å². The summed E-state index contributed by atoms with van der Waals surface area (Å²) in [6.07, 6.45) is -2.68. The molecule has 0 saturated carbocycles. The van der Waals surface area contributed by atoms with Gasteiger partial charge in [0.15, 0.2) is 0 Å². The van der Waals surface area contributed by atoms with Crippen LogP contribution in [0.4, 0.5) is 5.69 Å². The van der Waals surface area contributed by atoms with Crippen molar-refractivity contribution < 1.29 is 19.7 Å². The van der Waals surface area contributed by atoms with Crippen molar-refractivity contribution in [2.45, 2.75) is 25.6 Å². The zero-order chi connectivity index (χ0) is 12.8. The van der Waals surface area contributed by atoms with Crippen LogP contribution >= 0.6 is 0 Å². The molecule has 0 aliphatic heterocycles. The molecule has 0 fully saturated rings. The summed E-state index contributed by atoms with van der Waals surface area (Å²) in [4.78, 5) is 11.1. The highest BCUT2D eigenvalue weighted by Gasteiger charge is 2.23. The van der Waals surface area contributed by atoms with E-state index < -0.39 is 18.2 Å². The van der Waals surface area contributed by atoms with E-state index in [9.17, 15) is 15.0 Å². The minimum absolute atomic E-state index is 0.245. The Bertz CT molecular complexity index is 381. The molecule has 2 atom stereocenters. The molecule has 5 nitrogen and oxygen atoms in total. The van der Waals surface area contributed by atoms with Crippen LogP contribution in [0.25, 0.3) is 0 Å². The van der Waals surface area contributed by atoms with Crippen LogP contribution in [0.15, 0.2) is 24.3 Å².